The van der Waals surface area contributed by atoms with Crippen LogP contribution in [0.3, 0.4) is 0 Å². The molecular weight excluding hydrogens is 186 g/mol. The van der Waals surface area contributed by atoms with Gasteiger partial charge in [0.25, 0.3) is 0 Å². The Kier molecular flexibility index (Phi) is 3.41. The molecule has 0 spiro atoms. The predicted molar refractivity (Wildman–Crippen MR) is 61.9 cm³/mol. The van der Waals surface area contributed by atoms with Crippen molar-refractivity contribution in [1.82, 2.24) is 14.9 Å². The summed E-state index contributed by atoms with van der Waals surface area (Å²) in [6.07, 6.45) is 7.76. The van der Waals surface area contributed by atoms with Crippen molar-refractivity contribution in [3.63, 3.8) is 0 Å². The van der Waals surface area contributed by atoms with Crippen LogP contribution < -0.4 is 5.32 Å². The van der Waals surface area contributed by atoms with Crippen LogP contribution in [0, 0.1) is 5.92 Å². The fourth-order valence-corrected chi connectivity index (χ4v) is 1.81. The molecule has 15 heavy (non-hydrogen) atoms. The average molecular weight is 207 g/mol. The summed E-state index contributed by atoms with van der Waals surface area (Å²) in [6, 6.07) is 0.757. The molecule has 1 heterocycles. The highest BCUT2D eigenvalue weighted by atomic mass is 15.1. The van der Waals surface area contributed by atoms with E-state index in [1.807, 2.05) is 12.5 Å². The zero-order valence-corrected chi connectivity index (χ0v) is 9.74. The van der Waals surface area contributed by atoms with Gasteiger partial charge in [-0.2, -0.15) is 0 Å². The summed E-state index contributed by atoms with van der Waals surface area (Å²) in [4.78, 5) is 4.23. The highest BCUT2D eigenvalue weighted by molar-refractivity contribution is 5.03. The van der Waals surface area contributed by atoms with Crippen molar-refractivity contribution in [2.24, 2.45) is 5.92 Å². The van der Waals surface area contributed by atoms with Crippen LogP contribution in [0.1, 0.15) is 38.4 Å². The molecule has 84 valence electrons. The Bertz CT molecular complexity index is 300. The lowest BCUT2D eigenvalue weighted by atomic mass is 10.2. The second-order valence-corrected chi connectivity index (χ2v) is 4.87. The first-order valence-corrected chi connectivity index (χ1v) is 5.99. The standard InChI is InChI=1S/C12H21N3/c1-10(2)7-13-6-5-12-8-14-9-15(12)11-3-4-11/h8-11,13H,3-7H2,1-2H3. The van der Waals surface area contributed by atoms with E-state index in [1.165, 1.54) is 18.5 Å². The van der Waals surface area contributed by atoms with E-state index in [1.54, 1.807) is 0 Å². The van der Waals surface area contributed by atoms with Crippen LogP contribution in [0.15, 0.2) is 12.5 Å². The predicted octanol–water partition coefficient (Wildman–Crippen LogP) is 2.01. The zero-order chi connectivity index (χ0) is 10.7. The van der Waals surface area contributed by atoms with Gasteiger partial charge >= 0.3 is 0 Å². The monoisotopic (exact) mass is 207 g/mol. The quantitative estimate of drug-likeness (QED) is 0.723. The molecule has 0 atom stereocenters. The van der Waals surface area contributed by atoms with Gasteiger partial charge in [-0.15, -0.1) is 0 Å². The molecule has 1 aliphatic rings. The molecular formula is C12H21N3. The Labute approximate surface area is 91.9 Å². The van der Waals surface area contributed by atoms with Crippen molar-refractivity contribution in [3.8, 4) is 0 Å². The highest BCUT2D eigenvalue weighted by Gasteiger charge is 2.24. The molecule has 1 N–H and O–H groups in total. The molecule has 1 aromatic heterocycles. The smallest absolute Gasteiger partial charge is 0.0950 e. The van der Waals surface area contributed by atoms with Crippen molar-refractivity contribution in [2.45, 2.75) is 39.2 Å². The third kappa shape index (κ3) is 3.06. The molecule has 0 bridgehead atoms. The maximum absolute atomic E-state index is 4.23. The third-order valence-electron chi connectivity index (χ3n) is 2.80. The van der Waals surface area contributed by atoms with Crippen LogP contribution in [0.5, 0.6) is 0 Å². The molecule has 1 aliphatic carbocycles. The van der Waals surface area contributed by atoms with Gasteiger partial charge in [-0.05, 0) is 25.3 Å². The summed E-state index contributed by atoms with van der Waals surface area (Å²) in [7, 11) is 0. The van der Waals surface area contributed by atoms with Crippen LogP contribution in [-0.2, 0) is 6.42 Å². The number of hydrogen-bond donors (Lipinski definition) is 1. The Morgan fingerprint density at radius 3 is 3.00 bits per heavy atom. The zero-order valence-electron chi connectivity index (χ0n) is 9.74. The maximum atomic E-state index is 4.23. The van der Waals surface area contributed by atoms with Crippen molar-refractivity contribution >= 4 is 0 Å². The topological polar surface area (TPSA) is 29.9 Å². The van der Waals surface area contributed by atoms with Crippen LogP contribution in [-0.4, -0.2) is 22.6 Å². The minimum Gasteiger partial charge on any atom is -0.332 e. The van der Waals surface area contributed by atoms with E-state index in [-0.39, 0.29) is 0 Å². The molecule has 1 fully saturated rings. The van der Waals surface area contributed by atoms with Gasteiger partial charge in [0.15, 0.2) is 0 Å². The van der Waals surface area contributed by atoms with Crippen LogP contribution in [0.25, 0.3) is 0 Å². The SMILES string of the molecule is CC(C)CNCCc1cncn1C1CC1. The number of nitrogens with one attached hydrogen (secondary N) is 1. The molecule has 0 aliphatic heterocycles. The van der Waals surface area contributed by atoms with Crippen LogP contribution >= 0.6 is 0 Å². The lowest BCUT2D eigenvalue weighted by Gasteiger charge is -2.09. The fourth-order valence-electron chi connectivity index (χ4n) is 1.81. The Hall–Kier alpha value is -0.830. The molecule has 0 unspecified atom stereocenters. The number of nitrogens with zero attached hydrogens (tertiary/aromatic N) is 2. The fraction of sp³-hybridized carbons (Fsp3) is 0.750. The average Bonchev–Trinajstić information content (AvgIpc) is 2.93. The van der Waals surface area contributed by atoms with Gasteiger partial charge in [0.1, 0.15) is 0 Å². The van der Waals surface area contributed by atoms with Crippen molar-refractivity contribution in [2.75, 3.05) is 13.1 Å². The molecule has 2 rings (SSSR count). The summed E-state index contributed by atoms with van der Waals surface area (Å²) in [5.41, 5.74) is 1.38. The van der Waals surface area contributed by atoms with Gasteiger partial charge in [-0.1, -0.05) is 13.8 Å². The molecule has 1 aromatic rings. The lowest BCUT2D eigenvalue weighted by molar-refractivity contribution is 0.547. The second-order valence-electron chi connectivity index (χ2n) is 4.87. The van der Waals surface area contributed by atoms with E-state index >= 15 is 0 Å². The summed E-state index contributed by atoms with van der Waals surface area (Å²) in [6.45, 7) is 6.65. The van der Waals surface area contributed by atoms with Crippen molar-refractivity contribution in [3.05, 3.63) is 18.2 Å². The Balaban J connectivity index is 1.75. The molecule has 3 heteroatoms. The van der Waals surface area contributed by atoms with Crippen molar-refractivity contribution < 1.29 is 0 Å². The van der Waals surface area contributed by atoms with Gasteiger partial charge < -0.3 is 9.88 Å². The van der Waals surface area contributed by atoms with Crippen LogP contribution in [0.4, 0.5) is 0 Å². The summed E-state index contributed by atoms with van der Waals surface area (Å²) >= 11 is 0. The first-order chi connectivity index (χ1) is 7.27. The highest BCUT2D eigenvalue weighted by Crippen LogP contribution is 2.35. The molecule has 0 aromatic carbocycles. The minimum atomic E-state index is 0.735. The Morgan fingerprint density at radius 2 is 2.33 bits per heavy atom. The molecule has 0 saturated heterocycles. The van der Waals surface area contributed by atoms with Gasteiger partial charge in [0.05, 0.1) is 6.33 Å². The van der Waals surface area contributed by atoms with E-state index < -0.39 is 0 Å². The lowest BCUT2D eigenvalue weighted by Crippen LogP contribution is -2.22. The second kappa shape index (κ2) is 4.79. The summed E-state index contributed by atoms with van der Waals surface area (Å²) < 4.78 is 2.34. The minimum absolute atomic E-state index is 0.735. The molecule has 3 nitrogen and oxygen atoms in total. The first kappa shape index (κ1) is 10.7. The normalized spacial score (nSPS) is 16.2. The van der Waals surface area contributed by atoms with Crippen LogP contribution in [0.2, 0.25) is 0 Å². The number of imidazole rings is 1. The molecule has 1 saturated carbocycles. The molecule has 0 radical (unpaired) electrons. The summed E-state index contributed by atoms with van der Waals surface area (Å²) in [5.74, 6) is 0.735. The largest absolute Gasteiger partial charge is 0.332 e. The number of hydrogen-bond acceptors (Lipinski definition) is 2. The van der Waals surface area contributed by atoms with E-state index in [9.17, 15) is 0 Å². The molecule has 0 amide bonds. The number of aromatic nitrogens is 2. The third-order valence-corrected chi connectivity index (χ3v) is 2.80. The summed E-state index contributed by atoms with van der Waals surface area (Å²) in [5, 5.41) is 3.47. The van der Waals surface area contributed by atoms with E-state index in [4.69, 9.17) is 0 Å². The van der Waals surface area contributed by atoms with Gasteiger partial charge in [-0.25, -0.2) is 4.98 Å². The van der Waals surface area contributed by atoms with Gasteiger partial charge in [0.2, 0.25) is 0 Å². The van der Waals surface area contributed by atoms with Gasteiger partial charge in [0, 0.05) is 30.9 Å². The maximum Gasteiger partial charge on any atom is 0.0950 e. The van der Waals surface area contributed by atoms with E-state index in [0.29, 0.717) is 0 Å². The number of rotatable bonds is 6. The van der Waals surface area contributed by atoms with Crippen molar-refractivity contribution in [1.29, 1.82) is 0 Å². The first-order valence-electron chi connectivity index (χ1n) is 5.99. The van der Waals surface area contributed by atoms with E-state index in [2.05, 4.69) is 28.7 Å². The van der Waals surface area contributed by atoms with Gasteiger partial charge in [-0.3, -0.25) is 0 Å². The Morgan fingerprint density at radius 1 is 1.53 bits per heavy atom. The van der Waals surface area contributed by atoms with E-state index in [0.717, 1.165) is 31.5 Å².